The summed E-state index contributed by atoms with van der Waals surface area (Å²) in [7, 11) is 0. The summed E-state index contributed by atoms with van der Waals surface area (Å²) in [5.41, 5.74) is 2.23. The normalized spacial score (nSPS) is 17.3. The van der Waals surface area contributed by atoms with Crippen molar-refractivity contribution in [2.45, 2.75) is 19.0 Å². The van der Waals surface area contributed by atoms with Gasteiger partial charge in [-0.2, -0.15) is 0 Å². The maximum Gasteiger partial charge on any atom is 0.261 e. The van der Waals surface area contributed by atoms with Gasteiger partial charge in [-0.15, -0.1) is 22.7 Å². The Bertz CT molecular complexity index is 1130. The van der Waals surface area contributed by atoms with Gasteiger partial charge >= 0.3 is 0 Å². The molecule has 4 aromatic rings. The molecule has 27 heavy (non-hydrogen) atoms. The second kappa shape index (κ2) is 7.03. The lowest BCUT2D eigenvalue weighted by molar-refractivity contribution is 0.208. The van der Waals surface area contributed by atoms with Crippen LogP contribution in [0.4, 0.5) is 0 Å². The van der Waals surface area contributed by atoms with Gasteiger partial charge in [0.05, 0.1) is 23.3 Å². The summed E-state index contributed by atoms with van der Waals surface area (Å²) in [6, 6.07) is 14.5. The minimum Gasteiger partial charge on any atom is -0.297 e. The molecule has 1 aromatic carbocycles. The fourth-order valence-corrected chi connectivity index (χ4v) is 5.67. The van der Waals surface area contributed by atoms with Crippen LogP contribution in [-0.4, -0.2) is 27.5 Å². The Hall–Kier alpha value is -2.28. The quantitative estimate of drug-likeness (QED) is 0.522. The van der Waals surface area contributed by atoms with Crippen LogP contribution in [0.1, 0.15) is 21.4 Å². The Labute approximate surface area is 165 Å². The van der Waals surface area contributed by atoms with Gasteiger partial charge in [0, 0.05) is 29.4 Å². The summed E-state index contributed by atoms with van der Waals surface area (Å²) >= 11 is 3.67. The zero-order valence-electron chi connectivity index (χ0n) is 14.7. The molecule has 0 saturated carbocycles. The van der Waals surface area contributed by atoms with E-state index in [2.05, 4.69) is 38.8 Å². The highest BCUT2D eigenvalue weighted by Gasteiger charge is 2.30. The van der Waals surface area contributed by atoms with E-state index in [0.29, 0.717) is 18.0 Å². The molecule has 1 aliphatic rings. The second-order valence-corrected chi connectivity index (χ2v) is 8.74. The molecule has 0 amide bonds. The molecule has 4 nitrogen and oxygen atoms in total. The fourth-order valence-electron chi connectivity index (χ4n) is 3.89. The van der Waals surface area contributed by atoms with Crippen LogP contribution in [0.3, 0.4) is 0 Å². The zero-order valence-corrected chi connectivity index (χ0v) is 16.4. The van der Waals surface area contributed by atoms with Crippen LogP contribution in [0.2, 0.25) is 0 Å². The molecule has 1 unspecified atom stereocenters. The van der Waals surface area contributed by atoms with Crippen LogP contribution in [0.5, 0.6) is 0 Å². The number of fused-ring (bicyclic) bond motifs is 2. The van der Waals surface area contributed by atoms with Gasteiger partial charge in [0.15, 0.2) is 0 Å². The third-order valence-electron chi connectivity index (χ3n) is 5.24. The van der Waals surface area contributed by atoms with Crippen LogP contribution in [-0.2, 0) is 13.0 Å². The van der Waals surface area contributed by atoms with Crippen molar-refractivity contribution in [3.05, 3.63) is 85.2 Å². The third kappa shape index (κ3) is 3.04. The molecule has 0 radical (unpaired) electrons. The molecule has 0 spiro atoms. The van der Waals surface area contributed by atoms with Gasteiger partial charge in [0.1, 0.15) is 0 Å². The number of hydrogen-bond acceptors (Lipinski definition) is 5. The molecule has 0 saturated heterocycles. The smallest absolute Gasteiger partial charge is 0.261 e. The van der Waals surface area contributed by atoms with E-state index in [1.165, 1.54) is 15.3 Å². The van der Waals surface area contributed by atoms with Crippen molar-refractivity contribution >= 4 is 33.6 Å². The Kier molecular flexibility index (Phi) is 4.39. The molecule has 0 N–H and O–H groups in total. The van der Waals surface area contributed by atoms with E-state index in [4.69, 9.17) is 0 Å². The van der Waals surface area contributed by atoms with E-state index >= 15 is 0 Å². The summed E-state index contributed by atoms with van der Waals surface area (Å²) in [4.78, 5) is 22.6. The molecule has 0 fully saturated rings. The summed E-state index contributed by atoms with van der Waals surface area (Å²) in [6.07, 6.45) is 2.77. The predicted molar refractivity (Wildman–Crippen MR) is 112 cm³/mol. The number of hydrogen-bond donors (Lipinski definition) is 0. The first-order valence-corrected chi connectivity index (χ1v) is 10.8. The van der Waals surface area contributed by atoms with Gasteiger partial charge in [-0.25, -0.2) is 4.98 Å². The van der Waals surface area contributed by atoms with E-state index in [9.17, 15) is 4.79 Å². The Balaban J connectivity index is 1.44. The maximum atomic E-state index is 12.8. The monoisotopic (exact) mass is 393 g/mol. The summed E-state index contributed by atoms with van der Waals surface area (Å²) < 4.78 is 1.75. The highest BCUT2D eigenvalue weighted by molar-refractivity contribution is 7.10. The predicted octanol–water partition coefficient (Wildman–Crippen LogP) is 4.17. The highest BCUT2D eigenvalue weighted by Crippen LogP contribution is 2.39. The van der Waals surface area contributed by atoms with Crippen molar-refractivity contribution in [3.63, 3.8) is 0 Å². The molecule has 136 valence electrons. The standard InChI is InChI=1S/C21H19N3OS2/c25-21-15-4-1-2-5-17(15)22-14-24(21)11-10-23-9-7-18-16(8-13-27-18)20(23)19-6-3-12-26-19/h1-6,8,12-14,20H,7,9-11H2. The van der Waals surface area contributed by atoms with Crippen molar-refractivity contribution in [2.75, 3.05) is 13.1 Å². The largest absolute Gasteiger partial charge is 0.297 e. The number of thiophene rings is 2. The SMILES string of the molecule is O=c1c2ccccc2ncn1CCN1CCc2sccc2C1c1cccs1. The van der Waals surface area contributed by atoms with E-state index < -0.39 is 0 Å². The van der Waals surface area contributed by atoms with E-state index in [1.54, 1.807) is 10.9 Å². The topological polar surface area (TPSA) is 38.1 Å². The molecule has 3 aromatic heterocycles. The first-order valence-electron chi connectivity index (χ1n) is 9.09. The number of rotatable bonds is 4. The second-order valence-electron chi connectivity index (χ2n) is 6.76. The molecular weight excluding hydrogens is 374 g/mol. The molecule has 1 aliphatic heterocycles. The lowest BCUT2D eigenvalue weighted by atomic mass is 9.98. The van der Waals surface area contributed by atoms with Gasteiger partial charge in [-0.05, 0) is 47.0 Å². The molecule has 5 rings (SSSR count). The summed E-state index contributed by atoms with van der Waals surface area (Å²) in [5.74, 6) is 0. The van der Waals surface area contributed by atoms with Crippen molar-refractivity contribution in [2.24, 2.45) is 0 Å². The Morgan fingerprint density at radius 3 is 2.85 bits per heavy atom. The molecule has 0 bridgehead atoms. The first-order chi connectivity index (χ1) is 13.3. The van der Waals surface area contributed by atoms with Gasteiger partial charge < -0.3 is 0 Å². The van der Waals surface area contributed by atoms with Crippen molar-refractivity contribution < 1.29 is 0 Å². The van der Waals surface area contributed by atoms with Crippen LogP contribution < -0.4 is 5.56 Å². The average molecular weight is 394 g/mol. The minimum atomic E-state index is 0.0431. The van der Waals surface area contributed by atoms with E-state index in [1.807, 2.05) is 46.9 Å². The average Bonchev–Trinajstić information content (AvgIpc) is 3.39. The Morgan fingerprint density at radius 1 is 1.04 bits per heavy atom. The van der Waals surface area contributed by atoms with Crippen molar-refractivity contribution in [1.82, 2.24) is 14.5 Å². The fraction of sp³-hybridized carbons (Fsp3) is 0.238. The minimum absolute atomic E-state index is 0.0431. The number of nitrogens with zero attached hydrogens (tertiary/aromatic N) is 3. The molecule has 1 atom stereocenters. The number of para-hydroxylation sites is 1. The summed E-state index contributed by atoms with van der Waals surface area (Å²) in [6.45, 7) is 2.50. The summed E-state index contributed by atoms with van der Waals surface area (Å²) in [5, 5.41) is 5.03. The lowest BCUT2D eigenvalue weighted by Crippen LogP contribution is -2.38. The van der Waals surface area contributed by atoms with Gasteiger partial charge in [-0.3, -0.25) is 14.3 Å². The maximum absolute atomic E-state index is 12.8. The highest BCUT2D eigenvalue weighted by atomic mass is 32.1. The molecule has 6 heteroatoms. The van der Waals surface area contributed by atoms with Crippen LogP contribution in [0.25, 0.3) is 10.9 Å². The first kappa shape index (κ1) is 16.9. The molecule has 4 heterocycles. The van der Waals surface area contributed by atoms with Crippen LogP contribution >= 0.6 is 22.7 Å². The van der Waals surface area contributed by atoms with Crippen molar-refractivity contribution in [1.29, 1.82) is 0 Å². The van der Waals surface area contributed by atoms with E-state index in [0.717, 1.165) is 25.0 Å². The van der Waals surface area contributed by atoms with Crippen LogP contribution in [0, 0.1) is 0 Å². The Morgan fingerprint density at radius 2 is 1.96 bits per heavy atom. The number of aromatic nitrogens is 2. The zero-order chi connectivity index (χ0) is 18.2. The number of benzene rings is 1. The third-order valence-corrected chi connectivity index (χ3v) is 7.16. The van der Waals surface area contributed by atoms with Gasteiger partial charge in [0.25, 0.3) is 5.56 Å². The lowest BCUT2D eigenvalue weighted by Gasteiger charge is -2.35. The van der Waals surface area contributed by atoms with Gasteiger partial charge in [0.2, 0.25) is 0 Å². The molecule has 0 aliphatic carbocycles. The van der Waals surface area contributed by atoms with Gasteiger partial charge in [-0.1, -0.05) is 18.2 Å². The van der Waals surface area contributed by atoms with Crippen molar-refractivity contribution in [3.8, 4) is 0 Å². The van der Waals surface area contributed by atoms with E-state index in [-0.39, 0.29) is 5.56 Å². The van der Waals surface area contributed by atoms with Crippen LogP contribution in [0.15, 0.2) is 64.3 Å². The molecular formula is C21H19N3OS2.